The van der Waals surface area contributed by atoms with Crippen LogP contribution >= 0.6 is 0 Å². The lowest BCUT2D eigenvalue weighted by atomic mass is 9.81. The van der Waals surface area contributed by atoms with Gasteiger partial charge in [0.1, 0.15) is 0 Å². The molecule has 5 heteroatoms. The third-order valence-electron chi connectivity index (χ3n) is 6.00. The molecule has 1 aliphatic rings. The molecule has 0 aliphatic heterocycles. The number of benzene rings is 1. The molecule has 1 saturated carbocycles. The van der Waals surface area contributed by atoms with E-state index in [9.17, 15) is 9.59 Å². The van der Waals surface area contributed by atoms with Crippen LogP contribution in [-0.4, -0.2) is 21.1 Å². The summed E-state index contributed by atoms with van der Waals surface area (Å²) >= 11 is 0. The Morgan fingerprint density at radius 2 is 1.82 bits per heavy atom. The number of pyridine rings is 1. The maximum Gasteiger partial charge on any atom is 0.260 e. The van der Waals surface area contributed by atoms with Gasteiger partial charge < -0.3 is 14.5 Å². The maximum atomic E-state index is 13.1. The molecule has 0 bridgehead atoms. The monoisotopic (exact) mass is 377 g/mol. The summed E-state index contributed by atoms with van der Waals surface area (Å²) < 4.78 is 3.44. The number of hydrogen-bond donors (Lipinski definition) is 1. The summed E-state index contributed by atoms with van der Waals surface area (Å²) in [4.78, 5) is 25.8. The van der Waals surface area contributed by atoms with Crippen molar-refractivity contribution in [3.05, 3.63) is 69.8 Å². The molecule has 0 saturated heterocycles. The molecule has 28 heavy (non-hydrogen) atoms. The van der Waals surface area contributed by atoms with E-state index in [-0.39, 0.29) is 17.5 Å². The average molecular weight is 377 g/mol. The van der Waals surface area contributed by atoms with Crippen LogP contribution in [0.25, 0.3) is 10.9 Å². The SMILES string of the molecule is Cc1cn(C)c(=O)c2c(C(=O)N[C@H]3CCC[C@@H](c4ccccc4)C3)cn(C)c12. The van der Waals surface area contributed by atoms with Crippen molar-refractivity contribution in [1.82, 2.24) is 14.5 Å². The first-order chi connectivity index (χ1) is 13.5. The number of carbonyl (C=O) groups excluding carboxylic acids is 1. The van der Waals surface area contributed by atoms with Crippen LogP contribution in [0.15, 0.2) is 47.5 Å². The molecule has 0 radical (unpaired) electrons. The zero-order valence-corrected chi connectivity index (χ0v) is 16.7. The van der Waals surface area contributed by atoms with E-state index in [0.717, 1.165) is 36.8 Å². The van der Waals surface area contributed by atoms with E-state index in [1.165, 1.54) is 5.56 Å². The first-order valence-electron chi connectivity index (χ1n) is 9.96. The molecule has 2 aromatic heterocycles. The van der Waals surface area contributed by atoms with Crippen molar-refractivity contribution >= 4 is 16.8 Å². The van der Waals surface area contributed by atoms with Crippen LogP contribution in [0.5, 0.6) is 0 Å². The minimum absolute atomic E-state index is 0.128. The fourth-order valence-corrected chi connectivity index (χ4v) is 4.69. The third-order valence-corrected chi connectivity index (χ3v) is 6.00. The molecule has 2 heterocycles. The second-order valence-corrected chi connectivity index (χ2v) is 8.05. The Bertz CT molecular complexity index is 1080. The normalized spacial score (nSPS) is 19.7. The fraction of sp³-hybridized carbons (Fsp3) is 0.391. The summed E-state index contributed by atoms with van der Waals surface area (Å²) in [5, 5.41) is 3.72. The van der Waals surface area contributed by atoms with Gasteiger partial charge in [-0.25, -0.2) is 0 Å². The number of rotatable bonds is 3. The van der Waals surface area contributed by atoms with Crippen LogP contribution in [0, 0.1) is 6.92 Å². The van der Waals surface area contributed by atoms with Crippen LogP contribution < -0.4 is 10.9 Å². The Kier molecular flexibility index (Phi) is 4.84. The molecule has 1 N–H and O–H groups in total. The second kappa shape index (κ2) is 7.30. The summed E-state index contributed by atoms with van der Waals surface area (Å²) in [6.45, 7) is 1.97. The Labute approximate surface area is 165 Å². The van der Waals surface area contributed by atoms with Gasteiger partial charge in [0.25, 0.3) is 11.5 Å². The Morgan fingerprint density at radius 1 is 1.07 bits per heavy atom. The molecule has 3 aromatic rings. The smallest absolute Gasteiger partial charge is 0.260 e. The molecule has 4 rings (SSSR count). The third kappa shape index (κ3) is 3.26. The standard InChI is InChI=1S/C23H27N3O2/c1-15-13-26(3)23(28)20-19(14-25(2)21(15)20)22(27)24-18-11-7-10-17(12-18)16-8-5-4-6-9-16/h4-6,8-9,13-14,17-18H,7,10-12H2,1-3H3,(H,24,27)/t17-,18+/m1/s1. The predicted octanol–water partition coefficient (Wildman–Crippen LogP) is 3.64. The highest BCUT2D eigenvalue weighted by Crippen LogP contribution is 2.33. The number of aryl methyl sites for hydroxylation is 3. The molecule has 1 aromatic carbocycles. The van der Waals surface area contributed by atoms with Gasteiger partial charge in [-0.05, 0) is 43.2 Å². The van der Waals surface area contributed by atoms with E-state index in [1.807, 2.05) is 30.8 Å². The molecule has 5 nitrogen and oxygen atoms in total. The van der Waals surface area contributed by atoms with Crippen LogP contribution in [0.1, 0.15) is 53.1 Å². The van der Waals surface area contributed by atoms with Gasteiger partial charge >= 0.3 is 0 Å². The van der Waals surface area contributed by atoms with Gasteiger partial charge in [-0.1, -0.05) is 36.8 Å². The van der Waals surface area contributed by atoms with E-state index >= 15 is 0 Å². The van der Waals surface area contributed by atoms with Crippen molar-refractivity contribution in [2.75, 3.05) is 0 Å². The highest BCUT2D eigenvalue weighted by molar-refractivity contribution is 6.07. The molecule has 1 amide bonds. The summed E-state index contributed by atoms with van der Waals surface area (Å²) in [7, 11) is 3.62. The van der Waals surface area contributed by atoms with Crippen LogP contribution in [0.2, 0.25) is 0 Å². The number of hydrogen-bond acceptors (Lipinski definition) is 2. The topological polar surface area (TPSA) is 56.0 Å². The maximum absolute atomic E-state index is 13.1. The first-order valence-corrected chi connectivity index (χ1v) is 9.96. The molecule has 146 valence electrons. The lowest BCUT2D eigenvalue weighted by Crippen LogP contribution is -2.38. The first kappa shape index (κ1) is 18.5. The lowest BCUT2D eigenvalue weighted by molar-refractivity contribution is 0.0926. The Hall–Kier alpha value is -2.82. The molecule has 0 unspecified atom stereocenters. The van der Waals surface area contributed by atoms with E-state index in [4.69, 9.17) is 0 Å². The van der Waals surface area contributed by atoms with Gasteiger partial charge in [0.2, 0.25) is 0 Å². The Morgan fingerprint density at radius 3 is 2.57 bits per heavy atom. The molecule has 2 atom stereocenters. The molecule has 1 aliphatic carbocycles. The minimum atomic E-state index is -0.146. The van der Waals surface area contributed by atoms with E-state index in [2.05, 4.69) is 29.6 Å². The van der Waals surface area contributed by atoms with Crippen LogP contribution in [0.4, 0.5) is 0 Å². The number of fused-ring (bicyclic) bond motifs is 1. The van der Waals surface area contributed by atoms with Crippen molar-refractivity contribution in [2.45, 2.75) is 44.6 Å². The predicted molar refractivity (Wildman–Crippen MR) is 112 cm³/mol. The fourth-order valence-electron chi connectivity index (χ4n) is 4.69. The number of amides is 1. The van der Waals surface area contributed by atoms with Gasteiger partial charge in [-0.3, -0.25) is 9.59 Å². The largest absolute Gasteiger partial charge is 0.349 e. The zero-order chi connectivity index (χ0) is 19.8. The highest BCUT2D eigenvalue weighted by Gasteiger charge is 2.26. The summed E-state index contributed by atoms with van der Waals surface area (Å²) in [5.41, 5.74) is 3.51. The van der Waals surface area contributed by atoms with Crippen molar-refractivity contribution < 1.29 is 4.79 Å². The molecule has 0 spiro atoms. The second-order valence-electron chi connectivity index (χ2n) is 8.05. The minimum Gasteiger partial charge on any atom is -0.349 e. The van der Waals surface area contributed by atoms with E-state index in [0.29, 0.717) is 16.9 Å². The molecular weight excluding hydrogens is 350 g/mol. The number of nitrogens with one attached hydrogen (secondary N) is 1. The molecule has 1 fully saturated rings. The van der Waals surface area contributed by atoms with E-state index < -0.39 is 0 Å². The van der Waals surface area contributed by atoms with Crippen molar-refractivity contribution in [3.63, 3.8) is 0 Å². The summed E-state index contributed by atoms with van der Waals surface area (Å²) in [5.74, 6) is 0.329. The zero-order valence-electron chi connectivity index (χ0n) is 16.7. The van der Waals surface area contributed by atoms with Gasteiger partial charge in [0.05, 0.1) is 16.5 Å². The quantitative estimate of drug-likeness (QED) is 0.758. The number of aromatic nitrogens is 2. The van der Waals surface area contributed by atoms with Crippen LogP contribution in [-0.2, 0) is 14.1 Å². The van der Waals surface area contributed by atoms with Crippen molar-refractivity contribution in [1.29, 1.82) is 0 Å². The summed E-state index contributed by atoms with van der Waals surface area (Å²) in [6, 6.07) is 10.7. The number of carbonyl (C=O) groups is 1. The van der Waals surface area contributed by atoms with Gasteiger partial charge in [0, 0.05) is 32.5 Å². The van der Waals surface area contributed by atoms with Crippen molar-refractivity contribution in [3.8, 4) is 0 Å². The lowest BCUT2D eigenvalue weighted by Gasteiger charge is -2.30. The molecular formula is C23H27N3O2. The van der Waals surface area contributed by atoms with Crippen LogP contribution in [0.3, 0.4) is 0 Å². The average Bonchev–Trinajstić information content (AvgIpc) is 3.05. The van der Waals surface area contributed by atoms with E-state index in [1.54, 1.807) is 17.8 Å². The highest BCUT2D eigenvalue weighted by atomic mass is 16.2. The Balaban J connectivity index is 1.60. The summed E-state index contributed by atoms with van der Waals surface area (Å²) in [6.07, 6.45) is 7.78. The van der Waals surface area contributed by atoms with Gasteiger partial charge in [0.15, 0.2) is 0 Å². The van der Waals surface area contributed by atoms with Gasteiger partial charge in [-0.2, -0.15) is 0 Å². The van der Waals surface area contributed by atoms with Crippen molar-refractivity contribution in [2.24, 2.45) is 14.1 Å². The van der Waals surface area contributed by atoms with Gasteiger partial charge in [-0.15, -0.1) is 0 Å². The number of nitrogens with zero attached hydrogens (tertiary/aromatic N) is 2.